The molecule has 2 aromatic carbocycles. The number of carbonyl (C=O) groups excluding carboxylic acids is 1. The number of carboxylic acid groups (broad SMARTS) is 1. The first kappa shape index (κ1) is 26.1. The van der Waals surface area contributed by atoms with E-state index in [0.29, 0.717) is 23.7 Å². The Balaban J connectivity index is 2.05. The molecular formula is C29H35N3O3. The number of hydrogen-bond donors (Lipinski definition) is 3. The van der Waals surface area contributed by atoms with Crippen LogP contribution in [0.4, 0.5) is 5.69 Å². The molecule has 0 aliphatic heterocycles. The SMILES string of the molecule is Cc1ccc(-c2c(CC(=O)Nc3ccc(C(=O)O)c(C)c3C)c(C)nc(CC(C)C)c2CN)cc1. The van der Waals surface area contributed by atoms with Crippen molar-refractivity contribution < 1.29 is 14.7 Å². The molecule has 1 amide bonds. The maximum absolute atomic E-state index is 13.2. The van der Waals surface area contributed by atoms with E-state index < -0.39 is 5.97 Å². The monoisotopic (exact) mass is 473 g/mol. The molecule has 4 N–H and O–H groups in total. The predicted octanol–water partition coefficient (Wildman–Crippen LogP) is 5.52. The van der Waals surface area contributed by atoms with Crippen LogP contribution in [0.25, 0.3) is 11.1 Å². The van der Waals surface area contributed by atoms with Crippen LogP contribution in [0, 0.1) is 33.6 Å². The molecule has 6 heteroatoms. The lowest BCUT2D eigenvalue weighted by molar-refractivity contribution is -0.115. The van der Waals surface area contributed by atoms with Crippen molar-refractivity contribution in [3.63, 3.8) is 0 Å². The number of rotatable bonds is 8. The number of aromatic nitrogens is 1. The molecule has 0 spiro atoms. The number of hydrogen-bond acceptors (Lipinski definition) is 4. The highest BCUT2D eigenvalue weighted by Crippen LogP contribution is 2.33. The molecule has 0 atom stereocenters. The fourth-order valence-corrected chi connectivity index (χ4v) is 4.45. The largest absolute Gasteiger partial charge is 0.478 e. The summed E-state index contributed by atoms with van der Waals surface area (Å²) in [4.78, 5) is 29.5. The molecule has 0 aliphatic rings. The summed E-state index contributed by atoms with van der Waals surface area (Å²) in [6.07, 6.45) is 0.948. The van der Waals surface area contributed by atoms with Crippen molar-refractivity contribution in [1.29, 1.82) is 0 Å². The lowest BCUT2D eigenvalue weighted by Gasteiger charge is -2.21. The van der Waals surface area contributed by atoms with Gasteiger partial charge in [0.15, 0.2) is 0 Å². The predicted molar refractivity (Wildman–Crippen MR) is 141 cm³/mol. The van der Waals surface area contributed by atoms with E-state index in [-0.39, 0.29) is 17.9 Å². The summed E-state index contributed by atoms with van der Waals surface area (Å²) in [6.45, 7) is 12.2. The molecule has 1 heterocycles. The zero-order valence-electron chi connectivity index (χ0n) is 21.5. The molecule has 6 nitrogen and oxygen atoms in total. The van der Waals surface area contributed by atoms with Crippen LogP contribution in [0.5, 0.6) is 0 Å². The van der Waals surface area contributed by atoms with Crippen LogP contribution < -0.4 is 11.1 Å². The number of aromatic carboxylic acids is 1. The van der Waals surface area contributed by atoms with Crippen LogP contribution >= 0.6 is 0 Å². The highest BCUT2D eigenvalue weighted by Gasteiger charge is 2.22. The second kappa shape index (κ2) is 10.8. The van der Waals surface area contributed by atoms with E-state index in [1.165, 1.54) is 6.07 Å². The second-order valence-corrected chi connectivity index (χ2v) is 9.58. The van der Waals surface area contributed by atoms with Crippen LogP contribution in [-0.2, 0) is 24.2 Å². The summed E-state index contributed by atoms with van der Waals surface area (Å²) < 4.78 is 0. The Morgan fingerprint density at radius 2 is 1.63 bits per heavy atom. The fraction of sp³-hybridized carbons (Fsp3) is 0.345. The number of anilines is 1. The molecule has 0 aliphatic carbocycles. The van der Waals surface area contributed by atoms with Crippen molar-refractivity contribution in [2.24, 2.45) is 11.7 Å². The number of amides is 1. The molecule has 0 saturated heterocycles. The number of carboxylic acids is 1. The van der Waals surface area contributed by atoms with Gasteiger partial charge in [-0.25, -0.2) is 4.79 Å². The third kappa shape index (κ3) is 5.77. The van der Waals surface area contributed by atoms with Crippen LogP contribution in [0.1, 0.15) is 63.4 Å². The number of benzene rings is 2. The van der Waals surface area contributed by atoms with E-state index in [0.717, 1.165) is 51.2 Å². The number of nitrogens with one attached hydrogen (secondary N) is 1. The van der Waals surface area contributed by atoms with Crippen LogP contribution in [0.3, 0.4) is 0 Å². The Kier molecular flexibility index (Phi) is 8.07. The molecular weight excluding hydrogens is 438 g/mol. The van der Waals surface area contributed by atoms with Gasteiger partial charge in [0.1, 0.15) is 0 Å². The molecule has 184 valence electrons. The van der Waals surface area contributed by atoms with Gasteiger partial charge in [-0.3, -0.25) is 9.78 Å². The van der Waals surface area contributed by atoms with Gasteiger partial charge in [0.25, 0.3) is 0 Å². The molecule has 1 aromatic heterocycles. The molecule has 0 radical (unpaired) electrons. The molecule has 3 aromatic rings. The summed E-state index contributed by atoms with van der Waals surface area (Å²) in [5, 5.41) is 12.3. The third-order valence-corrected chi connectivity index (χ3v) is 6.47. The van der Waals surface area contributed by atoms with Gasteiger partial charge in [-0.1, -0.05) is 43.7 Å². The quantitative estimate of drug-likeness (QED) is 0.400. The minimum atomic E-state index is -0.983. The Labute approximate surface area is 207 Å². The van der Waals surface area contributed by atoms with Crippen molar-refractivity contribution in [3.8, 4) is 11.1 Å². The first-order valence-electron chi connectivity index (χ1n) is 11.9. The van der Waals surface area contributed by atoms with Gasteiger partial charge >= 0.3 is 5.97 Å². The second-order valence-electron chi connectivity index (χ2n) is 9.58. The van der Waals surface area contributed by atoms with Gasteiger partial charge in [0, 0.05) is 23.6 Å². The van der Waals surface area contributed by atoms with E-state index in [4.69, 9.17) is 10.7 Å². The first-order valence-corrected chi connectivity index (χ1v) is 11.9. The van der Waals surface area contributed by atoms with Crippen molar-refractivity contribution in [1.82, 2.24) is 4.98 Å². The first-order chi connectivity index (χ1) is 16.5. The Morgan fingerprint density at radius 1 is 0.971 bits per heavy atom. The highest BCUT2D eigenvalue weighted by atomic mass is 16.4. The van der Waals surface area contributed by atoms with E-state index in [1.807, 2.05) is 20.8 Å². The third-order valence-electron chi connectivity index (χ3n) is 6.47. The maximum atomic E-state index is 13.2. The van der Waals surface area contributed by atoms with Gasteiger partial charge in [-0.2, -0.15) is 0 Å². The summed E-state index contributed by atoms with van der Waals surface area (Å²) in [6, 6.07) is 11.4. The van der Waals surface area contributed by atoms with Gasteiger partial charge in [-0.15, -0.1) is 0 Å². The molecule has 0 bridgehead atoms. The summed E-state index contributed by atoms with van der Waals surface area (Å²) >= 11 is 0. The van der Waals surface area contributed by atoms with E-state index in [9.17, 15) is 14.7 Å². The lowest BCUT2D eigenvalue weighted by Crippen LogP contribution is -2.20. The molecule has 35 heavy (non-hydrogen) atoms. The molecule has 0 unspecified atom stereocenters. The molecule has 0 fully saturated rings. The van der Waals surface area contributed by atoms with Gasteiger partial charge in [0.05, 0.1) is 12.0 Å². The number of carbonyl (C=O) groups is 2. The Hall–Kier alpha value is -3.51. The normalized spacial score (nSPS) is 11.1. The smallest absolute Gasteiger partial charge is 0.335 e. The fourth-order valence-electron chi connectivity index (χ4n) is 4.45. The van der Waals surface area contributed by atoms with E-state index >= 15 is 0 Å². The number of nitrogens with two attached hydrogens (primary N) is 1. The average molecular weight is 474 g/mol. The summed E-state index contributed by atoms with van der Waals surface area (Å²) in [7, 11) is 0. The summed E-state index contributed by atoms with van der Waals surface area (Å²) in [5.41, 5.74) is 15.3. The van der Waals surface area contributed by atoms with Crippen molar-refractivity contribution in [3.05, 3.63) is 81.2 Å². The Morgan fingerprint density at radius 3 is 2.20 bits per heavy atom. The zero-order chi connectivity index (χ0) is 25.9. The minimum absolute atomic E-state index is 0.135. The van der Waals surface area contributed by atoms with Crippen molar-refractivity contribution >= 4 is 17.6 Å². The van der Waals surface area contributed by atoms with Crippen molar-refractivity contribution in [2.45, 2.75) is 60.9 Å². The van der Waals surface area contributed by atoms with Gasteiger partial charge < -0.3 is 16.2 Å². The van der Waals surface area contributed by atoms with E-state index in [2.05, 4.69) is 43.4 Å². The minimum Gasteiger partial charge on any atom is -0.478 e. The lowest BCUT2D eigenvalue weighted by atomic mass is 9.88. The molecule has 0 saturated carbocycles. The number of pyridine rings is 1. The van der Waals surface area contributed by atoms with Crippen LogP contribution in [0.2, 0.25) is 0 Å². The standard InChI is InChI=1S/C29H35N3O3/c1-16(2)13-26-24(15-30)28(21-9-7-17(3)8-10-21)23(20(6)31-26)14-27(33)32-25-12-11-22(29(34)35)18(4)19(25)5/h7-12,16H,13-15,30H2,1-6H3,(H,32,33)(H,34,35). The maximum Gasteiger partial charge on any atom is 0.335 e. The van der Waals surface area contributed by atoms with E-state index in [1.54, 1.807) is 13.0 Å². The number of nitrogens with zero attached hydrogens (tertiary/aromatic N) is 1. The average Bonchev–Trinajstić information content (AvgIpc) is 2.78. The summed E-state index contributed by atoms with van der Waals surface area (Å²) in [5.74, 6) is -0.746. The number of aryl methyl sites for hydroxylation is 2. The van der Waals surface area contributed by atoms with Crippen LogP contribution in [-0.4, -0.2) is 22.0 Å². The zero-order valence-corrected chi connectivity index (χ0v) is 21.5. The van der Waals surface area contributed by atoms with Crippen molar-refractivity contribution in [2.75, 3.05) is 5.32 Å². The Bertz CT molecular complexity index is 1260. The van der Waals surface area contributed by atoms with Gasteiger partial charge in [0.2, 0.25) is 5.91 Å². The topological polar surface area (TPSA) is 105 Å². The highest BCUT2D eigenvalue weighted by molar-refractivity contribution is 5.96. The van der Waals surface area contributed by atoms with Crippen LogP contribution in [0.15, 0.2) is 36.4 Å². The molecule has 3 rings (SSSR count). The van der Waals surface area contributed by atoms with Gasteiger partial charge in [-0.05, 0) is 85.5 Å².